The number of carbonyl (C=O) groups excluding carboxylic acids is 1. The van der Waals surface area contributed by atoms with Gasteiger partial charge in [0.2, 0.25) is 0 Å². The Morgan fingerprint density at radius 2 is 1.89 bits per heavy atom. The number of amides is 1. The highest BCUT2D eigenvalue weighted by molar-refractivity contribution is 14.1. The molecule has 1 amide bonds. The van der Waals surface area contributed by atoms with Crippen LogP contribution in [0.2, 0.25) is 0 Å². The summed E-state index contributed by atoms with van der Waals surface area (Å²) in [6, 6.07) is 6.16. The zero-order chi connectivity index (χ0) is 13.2. The van der Waals surface area contributed by atoms with Crippen molar-refractivity contribution in [2.24, 2.45) is 0 Å². The fourth-order valence-corrected chi connectivity index (χ4v) is 3.54. The normalized spacial score (nSPS) is 19.8. The summed E-state index contributed by atoms with van der Waals surface area (Å²) >= 11 is 2.31. The molecule has 2 aliphatic heterocycles. The summed E-state index contributed by atoms with van der Waals surface area (Å²) in [5.41, 5.74) is 2.13. The number of carbonyl (C=O) groups is 1. The van der Waals surface area contributed by atoms with E-state index in [0.29, 0.717) is 0 Å². The molecule has 1 fully saturated rings. The van der Waals surface area contributed by atoms with Crippen molar-refractivity contribution in [1.82, 2.24) is 9.80 Å². The van der Waals surface area contributed by atoms with Crippen molar-refractivity contribution in [1.29, 1.82) is 0 Å². The second-order valence-electron chi connectivity index (χ2n) is 5.39. The highest BCUT2D eigenvalue weighted by Gasteiger charge is 2.24. The molecule has 2 aliphatic rings. The summed E-state index contributed by atoms with van der Waals surface area (Å²) in [6.07, 6.45) is 3.63. The van der Waals surface area contributed by atoms with Crippen molar-refractivity contribution in [3.63, 3.8) is 0 Å². The molecular formula is C15H19IN2O. The van der Waals surface area contributed by atoms with Crippen LogP contribution in [-0.2, 0) is 6.42 Å². The van der Waals surface area contributed by atoms with Crippen LogP contribution >= 0.6 is 22.6 Å². The highest BCUT2D eigenvalue weighted by atomic mass is 127. The van der Waals surface area contributed by atoms with Crippen LogP contribution in [0, 0.1) is 3.57 Å². The Morgan fingerprint density at radius 1 is 1.11 bits per heavy atom. The number of nitrogens with zero attached hydrogens (tertiary/aromatic N) is 2. The number of likely N-dealkylation sites (tertiary alicyclic amines) is 1. The lowest BCUT2D eigenvalue weighted by molar-refractivity contribution is 0.0724. The van der Waals surface area contributed by atoms with Crippen LogP contribution in [0.4, 0.5) is 0 Å². The molecule has 0 radical (unpaired) electrons. The lowest BCUT2D eigenvalue weighted by Gasteiger charge is -2.30. The molecule has 1 saturated heterocycles. The molecule has 1 aromatic rings. The SMILES string of the molecule is O=C1c2ccc(I)cc2CCN1CCN1CCCC1. The summed E-state index contributed by atoms with van der Waals surface area (Å²) < 4.78 is 1.22. The fourth-order valence-electron chi connectivity index (χ4n) is 2.99. The largest absolute Gasteiger partial charge is 0.337 e. The molecule has 4 heteroatoms. The average Bonchev–Trinajstić information content (AvgIpc) is 2.91. The van der Waals surface area contributed by atoms with E-state index in [1.807, 2.05) is 17.0 Å². The smallest absolute Gasteiger partial charge is 0.254 e. The van der Waals surface area contributed by atoms with Gasteiger partial charge >= 0.3 is 0 Å². The summed E-state index contributed by atoms with van der Waals surface area (Å²) in [5, 5.41) is 0. The fraction of sp³-hybridized carbons (Fsp3) is 0.533. The van der Waals surface area contributed by atoms with Gasteiger partial charge in [-0.05, 0) is 78.7 Å². The van der Waals surface area contributed by atoms with Gasteiger partial charge in [-0.25, -0.2) is 0 Å². The Morgan fingerprint density at radius 3 is 2.68 bits per heavy atom. The molecule has 0 unspecified atom stereocenters. The third-order valence-corrected chi connectivity index (χ3v) is 4.79. The predicted molar refractivity (Wildman–Crippen MR) is 84.4 cm³/mol. The Hall–Kier alpha value is -0.620. The zero-order valence-electron chi connectivity index (χ0n) is 11.1. The first-order chi connectivity index (χ1) is 9.24. The number of hydrogen-bond donors (Lipinski definition) is 0. The van der Waals surface area contributed by atoms with Gasteiger partial charge in [-0.2, -0.15) is 0 Å². The molecule has 3 rings (SSSR count). The molecule has 2 heterocycles. The Kier molecular flexibility index (Phi) is 4.07. The van der Waals surface area contributed by atoms with E-state index in [4.69, 9.17) is 0 Å². The average molecular weight is 370 g/mol. The lowest BCUT2D eigenvalue weighted by Crippen LogP contribution is -2.42. The van der Waals surface area contributed by atoms with E-state index in [-0.39, 0.29) is 5.91 Å². The monoisotopic (exact) mass is 370 g/mol. The predicted octanol–water partition coefficient (Wildman–Crippen LogP) is 2.39. The number of halogens is 1. The van der Waals surface area contributed by atoms with Crippen molar-refractivity contribution >= 4 is 28.5 Å². The summed E-state index contributed by atoms with van der Waals surface area (Å²) in [7, 11) is 0. The van der Waals surface area contributed by atoms with Gasteiger partial charge in [0.25, 0.3) is 5.91 Å². The van der Waals surface area contributed by atoms with E-state index in [1.54, 1.807) is 0 Å². The van der Waals surface area contributed by atoms with Gasteiger partial charge in [0.05, 0.1) is 0 Å². The molecule has 1 aromatic carbocycles. The van der Waals surface area contributed by atoms with Crippen LogP contribution in [0.3, 0.4) is 0 Å². The molecule has 19 heavy (non-hydrogen) atoms. The van der Waals surface area contributed by atoms with Crippen molar-refractivity contribution in [2.75, 3.05) is 32.7 Å². The van der Waals surface area contributed by atoms with Gasteiger partial charge in [0, 0.05) is 28.8 Å². The van der Waals surface area contributed by atoms with Gasteiger partial charge in [0.1, 0.15) is 0 Å². The molecule has 0 bridgehead atoms. The number of fused-ring (bicyclic) bond motifs is 1. The van der Waals surface area contributed by atoms with E-state index < -0.39 is 0 Å². The second kappa shape index (κ2) is 5.79. The van der Waals surface area contributed by atoms with E-state index in [9.17, 15) is 4.79 Å². The minimum Gasteiger partial charge on any atom is -0.337 e. The minimum atomic E-state index is 0.219. The third-order valence-electron chi connectivity index (χ3n) is 4.12. The van der Waals surface area contributed by atoms with Gasteiger partial charge in [-0.3, -0.25) is 4.79 Å². The van der Waals surface area contributed by atoms with Crippen molar-refractivity contribution in [3.8, 4) is 0 Å². The van der Waals surface area contributed by atoms with Crippen LogP contribution in [0.5, 0.6) is 0 Å². The van der Waals surface area contributed by atoms with Crippen molar-refractivity contribution in [3.05, 3.63) is 32.9 Å². The van der Waals surface area contributed by atoms with Gasteiger partial charge in [-0.1, -0.05) is 0 Å². The second-order valence-corrected chi connectivity index (χ2v) is 6.64. The third kappa shape index (κ3) is 2.94. The maximum absolute atomic E-state index is 12.4. The Bertz CT molecular complexity index is 483. The zero-order valence-corrected chi connectivity index (χ0v) is 13.2. The molecule has 0 aliphatic carbocycles. The quantitative estimate of drug-likeness (QED) is 0.763. The molecule has 102 valence electrons. The summed E-state index contributed by atoms with van der Waals surface area (Å²) in [6.45, 7) is 5.20. The number of hydrogen-bond acceptors (Lipinski definition) is 2. The van der Waals surface area contributed by atoms with Gasteiger partial charge in [-0.15, -0.1) is 0 Å². The minimum absolute atomic E-state index is 0.219. The van der Waals surface area contributed by atoms with E-state index >= 15 is 0 Å². The highest BCUT2D eigenvalue weighted by Crippen LogP contribution is 2.21. The molecule has 0 N–H and O–H groups in total. The lowest BCUT2D eigenvalue weighted by atomic mass is 9.99. The molecular weight excluding hydrogens is 351 g/mol. The topological polar surface area (TPSA) is 23.6 Å². The van der Waals surface area contributed by atoms with Crippen LogP contribution in [-0.4, -0.2) is 48.4 Å². The van der Waals surface area contributed by atoms with Gasteiger partial charge < -0.3 is 9.80 Å². The van der Waals surface area contributed by atoms with Crippen LogP contribution < -0.4 is 0 Å². The molecule has 0 aromatic heterocycles. The molecule has 0 spiro atoms. The van der Waals surface area contributed by atoms with Crippen molar-refractivity contribution in [2.45, 2.75) is 19.3 Å². The van der Waals surface area contributed by atoms with Gasteiger partial charge in [0.15, 0.2) is 0 Å². The van der Waals surface area contributed by atoms with Crippen molar-refractivity contribution < 1.29 is 4.79 Å². The van der Waals surface area contributed by atoms with Crippen LogP contribution in [0.1, 0.15) is 28.8 Å². The summed E-state index contributed by atoms with van der Waals surface area (Å²) in [5.74, 6) is 0.219. The first-order valence-corrected chi connectivity index (χ1v) is 8.12. The van der Waals surface area contributed by atoms with E-state index in [0.717, 1.165) is 31.6 Å². The van der Waals surface area contributed by atoms with Crippen LogP contribution in [0.15, 0.2) is 18.2 Å². The standard InChI is InChI=1S/C15H19IN2O/c16-13-3-4-14-12(11-13)5-8-18(15(14)19)10-9-17-6-1-2-7-17/h3-4,11H,1-2,5-10H2. The molecule has 0 atom stereocenters. The van der Waals surface area contributed by atoms with E-state index in [1.165, 1.54) is 35.1 Å². The van der Waals surface area contributed by atoms with Crippen LogP contribution in [0.25, 0.3) is 0 Å². The first kappa shape index (κ1) is 13.4. The number of benzene rings is 1. The number of rotatable bonds is 3. The molecule has 0 saturated carbocycles. The maximum atomic E-state index is 12.4. The first-order valence-electron chi connectivity index (χ1n) is 7.04. The Balaban J connectivity index is 1.65. The summed E-state index contributed by atoms with van der Waals surface area (Å²) in [4.78, 5) is 16.9. The maximum Gasteiger partial charge on any atom is 0.254 e. The van der Waals surface area contributed by atoms with E-state index in [2.05, 4.69) is 33.6 Å². The Labute approximate surface area is 128 Å². The molecule has 3 nitrogen and oxygen atoms in total.